The minimum absolute atomic E-state index is 0.634. The van der Waals surface area contributed by atoms with E-state index in [1.165, 1.54) is 12.8 Å². The Balaban J connectivity index is 1.81. The van der Waals surface area contributed by atoms with Crippen LogP contribution in [0, 0.1) is 6.92 Å². The van der Waals surface area contributed by atoms with Gasteiger partial charge in [0.25, 0.3) is 0 Å². The Kier molecular flexibility index (Phi) is 3.33. The topological polar surface area (TPSA) is 54.2 Å². The third-order valence-corrected chi connectivity index (χ3v) is 2.86. The standard InChI is InChI=1S/C10H18N4O/c1-8-10(13-15-12-8)7-14(2)6-9-4-3-5-11-9/h9,11H,3-7H2,1-2H3. The highest BCUT2D eigenvalue weighted by Crippen LogP contribution is 2.09. The number of nitrogens with zero attached hydrogens (tertiary/aromatic N) is 3. The second kappa shape index (κ2) is 4.72. The predicted octanol–water partition coefficient (Wildman–Crippen LogP) is 0.562. The molecule has 0 aromatic carbocycles. The van der Waals surface area contributed by atoms with Crippen LogP contribution in [-0.4, -0.2) is 41.4 Å². The van der Waals surface area contributed by atoms with Crippen molar-refractivity contribution < 1.29 is 4.63 Å². The largest absolute Gasteiger partial charge is 0.313 e. The molecule has 84 valence electrons. The molecule has 0 amide bonds. The van der Waals surface area contributed by atoms with Gasteiger partial charge in [0, 0.05) is 19.1 Å². The zero-order valence-electron chi connectivity index (χ0n) is 9.36. The summed E-state index contributed by atoms with van der Waals surface area (Å²) in [6.07, 6.45) is 2.57. The lowest BCUT2D eigenvalue weighted by Gasteiger charge is -2.19. The summed E-state index contributed by atoms with van der Waals surface area (Å²) in [5.74, 6) is 0. The molecule has 5 heteroatoms. The van der Waals surface area contributed by atoms with E-state index < -0.39 is 0 Å². The van der Waals surface area contributed by atoms with Crippen molar-refractivity contribution in [1.82, 2.24) is 20.5 Å². The summed E-state index contributed by atoms with van der Waals surface area (Å²) >= 11 is 0. The zero-order valence-corrected chi connectivity index (χ0v) is 9.36. The van der Waals surface area contributed by atoms with E-state index in [9.17, 15) is 0 Å². The van der Waals surface area contributed by atoms with Crippen LogP contribution in [0.5, 0.6) is 0 Å². The van der Waals surface area contributed by atoms with Crippen molar-refractivity contribution in [2.45, 2.75) is 32.4 Å². The molecule has 5 nitrogen and oxygen atoms in total. The van der Waals surface area contributed by atoms with Crippen LogP contribution in [0.1, 0.15) is 24.2 Å². The van der Waals surface area contributed by atoms with E-state index >= 15 is 0 Å². The summed E-state index contributed by atoms with van der Waals surface area (Å²) in [5.41, 5.74) is 1.83. The van der Waals surface area contributed by atoms with Gasteiger partial charge in [0.05, 0.1) is 0 Å². The van der Waals surface area contributed by atoms with Crippen molar-refractivity contribution in [3.8, 4) is 0 Å². The van der Waals surface area contributed by atoms with Gasteiger partial charge < -0.3 is 5.32 Å². The summed E-state index contributed by atoms with van der Waals surface area (Å²) in [7, 11) is 2.11. The number of likely N-dealkylation sites (N-methyl/N-ethyl adjacent to an activating group) is 1. The molecule has 1 N–H and O–H groups in total. The summed E-state index contributed by atoms with van der Waals surface area (Å²) in [4.78, 5) is 2.26. The van der Waals surface area contributed by atoms with Crippen LogP contribution in [0.15, 0.2) is 4.63 Å². The highest BCUT2D eigenvalue weighted by molar-refractivity contribution is 5.04. The van der Waals surface area contributed by atoms with Gasteiger partial charge in [-0.3, -0.25) is 4.90 Å². The van der Waals surface area contributed by atoms with E-state index in [-0.39, 0.29) is 0 Å². The molecule has 1 saturated heterocycles. The SMILES string of the molecule is Cc1nonc1CN(C)CC1CCCN1. The van der Waals surface area contributed by atoms with Gasteiger partial charge >= 0.3 is 0 Å². The fourth-order valence-electron chi connectivity index (χ4n) is 2.00. The first kappa shape index (κ1) is 10.6. The van der Waals surface area contributed by atoms with E-state index in [2.05, 4.69) is 32.2 Å². The summed E-state index contributed by atoms with van der Waals surface area (Å²) in [6, 6.07) is 0.634. The maximum atomic E-state index is 4.67. The molecule has 2 rings (SSSR count). The number of hydrogen-bond donors (Lipinski definition) is 1. The minimum Gasteiger partial charge on any atom is -0.313 e. The summed E-state index contributed by atoms with van der Waals surface area (Å²) in [6.45, 7) is 4.95. The second-order valence-corrected chi connectivity index (χ2v) is 4.29. The number of aromatic nitrogens is 2. The minimum atomic E-state index is 0.634. The molecular weight excluding hydrogens is 192 g/mol. The summed E-state index contributed by atoms with van der Waals surface area (Å²) in [5, 5.41) is 11.1. The van der Waals surface area contributed by atoms with E-state index in [0.717, 1.165) is 31.0 Å². The van der Waals surface area contributed by atoms with Gasteiger partial charge in [0.1, 0.15) is 11.4 Å². The Morgan fingerprint density at radius 1 is 1.53 bits per heavy atom. The molecule has 0 saturated carbocycles. The normalized spacial score (nSPS) is 21.4. The first-order chi connectivity index (χ1) is 7.25. The van der Waals surface area contributed by atoms with Gasteiger partial charge in [-0.25, -0.2) is 4.63 Å². The quantitative estimate of drug-likeness (QED) is 0.787. The molecule has 0 bridgehead atoms. The molecule has 1 atom stereocenters. The predicted molar refractivity (Wildman–Crippen MR) is 56.4 cm³/mol. The molecule has 1 fully saturated rings. The third kappa shape index (κ3) is 2.76. The highest BCUT2D eigenvalue weighted by atomic mass is 16.6. The average molecular weight is 210 g/mol. The van der Waals surface area contributed by atoms with Crippen LogP contribution in [-0.2, 0) is 6.54 Å². The first-order valence-electron chi connectivity index (χ1n) is 5.45. The van der Waals surface area contributed by atoms with E-state index in [1.807, 2.05) is 6.92 Å². The first-order valence-corrected chi connectivity index (χ1v) is 5.45. The van der Waals surface area contributed by atoms with Crippen LogP contribution in [0.3, 0.4) is 0 Å². The Hall–Kier alpha value is -0.940. The molecule has 1 unspecified atom stereocenters. The lowest BCUT2D eigenvalue weighted by molar-refractivity contribution is 0.269. The third-order valence-electron chi connectivity index (χ3n) is 2.86. The van der Waals surface area contributed by atoms with E-state index in [4.69, 9.17) is 0 Å². The van der Waals surface area contributed by atoms with Crippen molar-refractivity contribution in [3.63, 3.8) is 0 Å². The van der Waals surface area contributed by atoms with Gasteiger partial charge in [-0.15, -0.1) is 0 Å². The molecule has 15 heavy (non-hydrogen) atoms. The van der Waals surface area contributed by atoms with E-state index in [1.54, 1.807) is 0 Å². The maximum Gasteiger partial charge on any atom is 0.122 e. The number of nitrogens with one attached hydrogen (secondary N) is 1. The summed E-state index contributed by atoms with van der Waals surface area (Å²) < 4.78 is 4.67. The lowest BCUT2D eigenvalue weighted by Crippen LogP contribution is -2.35. The molecule has 1 aromatic rings. The molecule has 0 aliphatic carbocycles. The van der Waals surface area contributed by atoms with Crippen LogP contribution < -0.4 is 5.32 Å². The molecule has 0 spiro atoms. The molecular formula is C10H18N4O. The van der Waals surface area contributed by atoms with Crippen molar-refractivity contribution in [2.24, 2.45) is 0 Å². The zero-order chi connectivity index (χ0) is 10.7. The van der Waals surface area contributed by atoms with Crippen molar-refractivity contribution in [1.29, 1.82) is 0 Å². The Morgan fingerprint density at radius 3 is 3.00 bits per heavy atom. The van der Waals surface area contributed by atoms with Gasteiger partial charge in [0.15, 0.2) is 0 Å². The van der Waals surface area contributed by atoms with Gasteiger partial charge in [-0.1, -0.05) is 10.3 Å². The Labute approximate surface area is 89.8 Å². The number of rotatable bonds is 4. The van der Waals surface area contributed by atoms with Crippen LogP contribution >= 0.6 is 0 Å². The molecule has 1 aromatic heterocycles. The number of hydrogen-bond acceptors (Lipinski definition) is 5. The van der Waals surface area contributed by atoms with Crippen LogP contribution in [0.2, 0.25) is 0 Å². The van der Waals surface area contributed by atoms with E-state index in [0.29, 0.717) is 6.04 Å². The second-order valence-electron chi connectivity index (χ2n) is 4.29. The van der Waals surface area contributed by atoms with Gasteiger partial charge in [0.2, 0.25) is 0 Å². The van der Waals surface area contributed by atoms with Crippen molar-refractivity contribution in [3.05, 3.63) is 11.4 Å². The molecule has 2 heterocycles. The lowest BCUT2D eigenvalue weighted by atomic mass is 10.2. The molecule has 1 aliphatic rings. The van der Waals surface area contributed by atoms with Crippen molar-refractivity contribution in [2.75, 3.05) is 20.1 Å². The smallest absolute Gasteiger partial charge is 0.122 e. The Morgan fingerprint density at radius 2 is 2.40 bits per heavy atom. The fraction of sp³-hybridized carbons (Fsp3) is 0.800. The highest BCUT2D eigenvalue weighted by Gasteiger charge is 2.17. The fourth-order valence-corrected chi connectivity index (χ4v) is 2.00. The number of aryl methyl sites for hydroxylation is 1. The van der Waals surface area contributed by atoms with Gasteiger partial charge in [-0.05, 0) is 33.4 Å². The Bertz CT molecular complexity index is 306. The molecule has 1 aliphatic heterocycles. The van der Waals surface area contributed by atoms with Gasteiger partial charge in [-0.2, -0.15) is 0 Å². The monoisotopic (exact) mass is 210 g/mol. The molecule has 0 radical (unpaired) electrons. The van der Waals surface area contributed by atoms with Crippen LogP contribution in [0.4, 0.5) is 0 Å². The van der Waals surface area contributed by atoms with Crippen molar-refractivity contribution >= 4 is 0 Å². The maximum absolute atomic E-state index is 4.67. The average Bonchev–Trinajstić information content (AvgIpc) is 2.79. The van der Waals surface area contributed by atoms with Crippen LogP contribution in [0.25, 0.3) is 0 Å².